The third-order valence-corrected chi connectivity index (χ3v) is 7.80. The predicted octanol–water partition coefficient (Wildman–Crippen LogP) is 3.67. The fraction of sp³-hybridized carbons (Fsp3) is 0.259. The van der Waals surface area contributed by atoms with E-state index in [2.05, 4.69) is 5.32 Å². The zero-order chi connectivity index (χ0) is 25.4. The van der Waals surface area contributed by atoms with Crippen molar-refractivity contribution in [1.29, 1.82) is 0 Å². The van der Waals surface area contributed by atoms with Crippen molar-refractivity contribution in [3.05, 3.63) is 82.8 Å². The van der Waals surface area contributed by atoms with Gasteiger partial charge in [-0.05, 0) is 56.2 Å². The van der Waals surface area contributed by atoms with Gasteiger partial charge < -0.3 is 5.32 Å². The molecule has 0 saturated carbocycles. The van der Waals surface area contributed by atoms with E-state index in [-0.39, 0.29) is 46.6 Å². The van der Waals surface area contributed by atoms with Crippen LogP contribution in [0, 0.1) is 18.8 Å². The monoisotopic (exact) mass is 502 g/mol. The Morgan fingerprint density at radius 2 is 1.53 bits per heavy atom. The highest BCUT2D eigenvalue weighted by atomic mass is 32.2. The van der Waals surface area contributed by atoms with E-state index in [4.69, 9.17) is 0 Å². The molecular formula is C27H26N4O4S. The molecule has 3 amide bonds. The number of benzene rings is 2. The molecule has 2 aromatic carbocycles. The highest BCUT2D eigenvalue weighted by Gasteiger charge is 2.47. The molecule has 0 radical (unpaired) electrons. The first-order valence-corrected chi connectivity index (χ1v) is 12.7. The maximum atomic E-state index is 13.0. The van der Waals surface area contributed by atoms with Crippen molar-refractivity contribution in [1.82, 2.24) is 9.36 Å². The Hall–Kier alpha value is -3.85. The van der Waals surface area contributed by atoms with E-state index < -0.39 is 0 Å². The minimum atomic E-state index is -0.295. The molecule has 2 aliphatic rings. The first kappa shape index (κ1) is 23.9. The van der Waals surface area contributed by atoms with Crippen molar-refractivity contribution < 1.29 is 14.4 Å². The fourth-order valence-corrected chi connectivity index (χ4v) is 5.48. The van der Waals surface area contributed by atoms with Crippen molar-refractivity contribution >= 4 is 40.9 Å². The molecule has 184 valence electrons. The number of thioether (sulfide) groups is 1. The van der Waals surface area contributed by atoms with Crippen molar-refractivity contribution in [2.45, 2.75) is 24.7 Å². The number of hydrogen-bond donors (Lipinski definition) is 1. The van der Waals surface area contributed by atoms with Crippen LogP contribution in [0.2, 0.25) is 0 Å². The van der Waals surface area contributed by atoms with Crippen LogP contribution in [-0.2, 0) is 21.4 Å². The van der Waals surface area contributed by atoms with Gasteiger partial charge in [-0.1, -0.05) is 30.4 Å². The molecule has 8 nitrogen and oxygen atoms in total. The molecule has 0 bridgehead atoms. The van der Waals surface area contributed by atoms with E-state index >= 15 is 0 Å². The second kappa shape index (κ2) is 9.66. The molecule has 1 aromatic heterocycles. The quantitative estimate of drug-likeness (QED) is 0.315. The lowest BCUT2D eigenvalue weighted by molar-refractivity contribution is -0.122. The Labute approximate surface area is 212 Å². The normalized spacial score (nSPS) is 19.0. The van der Waals surface area contributed by atoms with E-state index in [0.29, 0.717) is 29.9 Å². The van der Waals surface area contributed by atoms with Gasteiger partial charge in [0.2, 0.25) is 17.7 Å². The van der Waals surface area contributed by atoms with Gasteiger partial charge >= 0.3 is 0 Å². The van der Waals surface area contributed by atoms with Gasteiger partial charge in [0.15, 0.2) is 0 Å². The van der Waals surface area contributed by atoms with E-state index in [9.17, 15) is 19.2 Å². The Morgan fingerprint density at radius 1 is 0.917 bits per heavy atom. The molecule has 5 rings (SSSR count). The zero-order valence-corrected chi connectivity index (χ0v) is 20.8. The number of anilines is 2. The molecule has 36 heavy (non-hydrogen) atoms. The average Bonchev–Trinajstić information content (AvgIpc) is 3.27. The van der Waals surface area contributed by atoms with Crippen LogP contribution in [0.3, 0.4) is 0 Å². The average molecular weight is 503 g/mol. The summed E-state index contributed by atoms with van der Waals surface area (Å²) >= 11 is 1.31. The van der Waals surface area contributed by atoms with Gasteiger partial charge in [0, 0.05) is 11.9 Å². The van der Waals surface area contributed by atoms with Crippen LogP contribution in [0.1, 0.15) is 18.5 Å². The largest absolute Gasteiger partial charge is 0.319 e. The van der Waals surface area contributed by atoms with Crippen LogP contribution in [0.25, 0.3) is 5.69 Å². The van der Waals surface area contributed by atoms with Crippen LogP contribution in [0.15, 0.2) is 76.4 Å². The summed E-state index contributed by atoms with van der Waals surface area (Å²) in [5.74, 6) is -1.02. The first-order valence-electron chi connectivity index (χ1n) is 11.8. The molecule has 1 fully saturated rings. The van der Waals surface area contributed by atoms with Crippen molar-refractivity contribution in [3.63, 3.8) is 0 Å². The minimum absolute atomic E-state index is 0.107. The third-order valence-electron chi connectivity index (χ3n) is 6.79. The van der Waals surface area contributed by atoms with Gasteiger partial charge in [-0.3, -0.25) is 28.8 Å². The number of nitrogens with one attached hydrogen (secondary N) is 1. The Balaban J connectivity index is 1.24. The number of imide groups is 1. The second-order valence-electron chi connectivity index (χ2n) is 8.93. The van der Waals surface area contributed by atoms with Gasteiger partial charge in [0.1, 0.15) is 5.69 Å². The molecule has 0 unspecified atom stereocenters. The fourth-order valence-electron chi connectivity index (χ4n) is 4.78. The summed E-state index contributed by atoms with van der Waals surface area (Å²) in [6.07, 6.45) is 5.14. The molecule has 1 aliphatic heterocycles. The number of aromatic nitrogens is 2. The van der Waals surface area contributed by atoms with Gasteiger partial charge in [-0.15, -0.1) is 11.8 Å². The van der Waals surface area contributed by atoms with Crippen LogP contribution >= 0.6 is 11.8 Å². The number of nitrogens with zero attached hydrogens (tertiary/aromatic N) is 3. The Morgan fingerprint density at radius 3 is 2.14 bits per heavy atom. The zero-order valence-electron chi connectivity index (χ0n) is 20.0. The van der Waals surface area contributed by atoms with Crippen LogP contribution in [-0.4, -0.2) is 32.8 Å². The number of carbonyl (C=O) groups excluding carboxylic acids is 3. The van der Waals surface area contributed by atoms with Gasteiger partial charge in [-0.25, -0.2) is 4.68 Å². The van der Waals surface area contributed by atoms with Crippen molar-refractivity contribution in [2.24, 2.45) is 18.9 Å². The maximum absolute atomic E-state index is 13.0. The van der Waals surface area contributed by atoms with Crippen molar-refractivity contribution in [2.75, 3.05) is 16.0 Å². The van der Waals surface area contributed by atoms with Crippen molar-refractivity contribution in [3.8, 4) is 5.69 Å². The Kier molecular flexibility index (Phi) is 6.40. The molecule has 1 saturated heterocycles. The van der Waals surface area contributed by atoms with Crippen LogP contribution in [0.5, 0.6) is 0 Å². The summed E-state index contributed by atoms with van der Waals surface area (Å²) < 4.78 is 3.23. The van der Waals surface area contributed by atoms with Crippen LogP contribution in [0.4, 0.5) is 11.4 Å². The molecular weight excluding hydrogens is 476 g/mol. The maximum Gasteiger partial charge on any atom is 0.295 e. The number of allylic oxidation sites excluding steroid dienone is 2. The summed E-state index contributed by atoms with van der Waals surface area (Å²) in [4.78, 5) is 53.3. The summed E-state index contributed by atoms with van der Waals surface area (Å²) in [5, 5.41) is 2.76. The van der Waals surface area contributed by atoms with E-state index in [1.165, 1.54) is 21.3 Å². The second-order valence-corrected chi connectivity index (χ2v) is 9.98. The minimum Gasteiger partial charge on any atom is -0.319 e. The van der Waals surface area contributed by atoms with E-state index in [1.807, 2.05) is 42.5 Å². The van der Waals surface area contributed by atoms with E-state index in [0.717, 1.165) is 4.90 Å². The lowest BCUT2D eigenvalue weighted by Crippen LogP contribution is -2.30. The first-order chi connectivity index (χ1) is 17.4. The number of hydrogen-bond acceptors (Lipinski definition) is 5. The molecule has 9 heteroatoms. The standard InChI is InChI=1S/C27H26N4O4S/c1-17-24(27(35)31(29(17)2)19-8-4-3-5-9-19)28-23(32)16-36-20-14-12-18(13-15-20)30-25(33)21-10-6-7-11-22(21)26(30)34/h3-9,12-15,21-22H,10-11,16H2,1-2H3,(H,28,32)/t21-,22-/m0/s1. The summed E-state index contributed by atoms with van der Waals surface area (Å²) in [6.45, 7) is 1.79. The van der Waals surface area contributed by atoms with E-state index in [1.54, 1.807) is 42.9 Å². The highest BCUT2D eigenvalue weighted by molar-refractivity contribution is 8.00. The van der Waals surface area contributed by atoms with Gasteiger partial charge in [0.05, 0.1) is 34.7 Å². The molecule has 2 atom stereocenters. The third kappa shape index (κ3) is 4.19. The number of amides is 3. The lowest BCUT2D eigenvalue weighted by Gasteiger charge is -2.15. The topological polar surface area (TPSA) is 93.4 Å². The number of fused-ring (bicyclic) bond motifs is 1. The van der Waals surface area contributed by atoms with Crippen LogP contribution < -0.4 is 15.8 Å². The molecule has 1 N–H and O–H groups in total. The predicted molar refractivity (Wildman–Crippen MR) is 139 cm³/mol. The Bertz CT molecular complexity index is 1400. The number of rotatable bonds is 6. The SMILES string of the molecule is Cc1c(NC(=O)CSc2ccc(N3C(=O)[C@H]4CC=CC[C@@H]4C3=O)cc2)c(=O)n(-c2ccccc2)n1C. The molecule has 1 aliphatic carbocycles. The number of carbonyl (C=O) groups is 3. The van der Waals surface area contributed by atoms with Gasteiger partial charge in [-0.2, -0.15) is 0 Å². The van der Waals surface area contributed by atoms with Gasteiger partial charge in [0.25, 0.3) is 5.56 Å². The molecule has 3 aromatic rings. The summed E-state index contributed by atoms with van der Waals surface area (Å²) in [5.41, 5.74) is 1.88. The lowest BCUT2D eigenvalue weighted by atomic mass is 9.85. The number of para-hydroxylation sites is 1. The molecule has 2 heterocycles. The summed E-state index contributed by atoms with van der Waals surface area (Å²) in [6, 6.07) is 16.3. The molecule has 0 spiro atoms. The smallest absolute Gasteiger partial charge is 0.295 e. The highest BCUT2D eigenvalue weighted by Crippen LogP contribution is 2.38. The summed E-state index contributed by atoms with van der Waals surface area (Å²) in [7, 11) is 1.77.